The average molecular weight is 166 g/mol. The number of carboxylic acid groups (broad SMARTS) is 1. The fraction of sp³-hybridized carbons (Fsp3) is 0.500. The van der Waals surface area contributed by atoms with Crippen molar-refractivity contribution < 1.29 is 9.90 Å². The van der Waals surface area contributed by atoms with E-state index in [-0.39, 0.29) is 0 Å². The number of carboxylic acids is 1. The van der Waals surface area contributed by atoms with Gasteiger partial charge in [0.25, 0.3) is 0 Å². The Balaban J connectivity index is 2.73. The smallest absolute Gasteiger partial charge is 0.331 e. The fourth-order valence-electron chi connectivity index (χ4n) is 1.31. The van der Waals surface area contributed by atoms with E-state index in [9.17, 15) is 4.79 Å². The van der Waals surface area contributed by atoms with Gasteiger partial charge >= 0.3 is 5.97 Å². The van der Waals surface area contributed by atoms with E-state index >= 15 is 0 Å². The van der Waals surface area contributed by atoms with Gasteiger partial charge in [0.2, 0.25) is 0 Å². The first-order chi connectivity index (χ1) is 5.61. The van der Waals surface area contributed by atoms with Crippen molar-refractivity contribution in [1.29, 1.82) is 0 Å². The molecule has 1 aliphatic carbocycles. The highest BCUT2D eigenvalue weighted by Crippen LogP contribution is 2.23. The van der Waals surface area contributed by atoms with Crippen molar-refractivity contribution in [3.05, 3.63) is 23.3 Å². The average Bonchev–Trinajstić information content (AvgIpc) is 2.04. The van der Waals surface area contributed by atoms with Crippen molar-refractivity contribution >= 4 is 5.97 Å². The van der Waals surface area contributed by atoms with Crippen LogP contribution in [0.15, 0.2) is 23.3 Å². The third-order valence-electron chi connectivity index (χ3n) is 2.20. The van der Waals surface area contributed by atoms with Crippen LogP contribution in [-0.4, -0.2) is 11.1 Å². The minimum Gasteiger partial charge on any atom is -0.478 e. The quantitative estimate of drug-likeness (QED) is 0.683. The Morgan fingerprint density at radius 1 is 1.42 bits per heavy atom. The van der Waals surface area contributed by atoms with Crippen LogP contribution in [0.25, 0.3) is 0 Å². The lowest BCUT2D eigenvalue weighted by Gasteiger charge is -2.14. The highest BCUT2D eigenvalue weighted by Gasteiger charge is 2.13. The highest BCUT2D eigenvalue weighted by atomic mass is 16.4. The first kappa shape index (κ1) is 9.04. The van der Waals surface area contributed by atoms with Crippen molar-refractivity contribution in [3.63, 3.8) is 0 Å². The number of rotatable bonds is 2. The molecule has 0 saturated heterocycles. The van der Waals surface area contributed by atoms with Gasteiger partial charge in [-0.25, -0.2) is 4.79 Å². The maximum atomic E-state index is 10.5. The van der Waals surface area contributed by atoms with E-state index < -0.39 is 5.97 Å². The lowest BCUT2D eigenvalue weighted by atomic mass is 9.91. The van der Waals surface area contributed by atoms with Gasteiger partial charge in [-0.3, -0.25) is 0 Å². The van der Waals surface area contributed by atoms with Gasteiger partial charge in [0.05, 0.1) is 0 Å². The molecule has 12 heavy (non-hydrogen) atoms. The Bertz CT molecular complexity index is 247. The highest BCUT2D eigenvalue weighted by molar-refractivity contribution is 5.87. The number of allylic oxidation sites excluding steroid dienone is 3. The topological polar surface area (TPSA) is 37.3 Å². The van der Waals surface area contributed by atoms with Crippen LogP contribution in [0.3, 0.4) is 0 Å². The molecule has 0 radical (unpaired) electrons. The first-order valence-electron chi connectivity index (χ1n) is 4.24. The van der Waals surface area contributed by atoms with E-state index in [1.54, 1.807) is 6.08 Å². The molecule has 0 atom stereocenters. The minimum atomic E-state index is -0.783. The molecule has 1 aliphatic rings. The second-order valence-electron chi connectivity index (χ2n) is 3.39. The largest absolute Gasteiger partial charge is 0.478 e. The molecule has 0 amide bonds. The zero-order valence-corrected chi connectivity index (χ0v) is 7.50. The van der Waals surface area contributed by atoms with Gasteiger partial charge in [-0.2, -0.15) is 0 Å². The zero-order chi connectivity index (χ0) is 9.14. The lowest BCUT2D eigenvalue weighted by molar-refractivity contribution is -0.132. The van der Waals surface area contributed by atoms with Gasteiger partial charge < -0.3 is 5.11 Å². The Labute approximate surface area is 72.6 Å². The van der Waals surface area contributed by atoms with Crippen LogP contribution in [0.5, 0.6) is 0 Å². The van der Waals surface area contributed by atoms with Crippen LogP contribution in [0.1, 0.15) is 26.7 Å². The first-order valence-corrected chi connectivity index (χ1v) is 4.24. The van der Waals surface area contributed by atoms with Gasteiger partial charge in [-0.15, -0.1) is 0 Å². The minimum absolute atomic E-state index is 0.527. The second kappa shape index (κ2) is 3.57. The van der Waals surface area contributed by atoms with Crippen molar-refractivity contribution in [2.45, 2.75) is 26.7 Å². The Hall–Kier alpha value is -1.05. The Morgan fingerprint density at radius 2 is 2.08 bits per heavy atom. The number of hydrogen-bond donors (Lipinski definition) is 1. The molecule has 66 valence electrons. The molecule has 1 rings (SSSR count). The summed E-state index contributed by atoms with van der Waals surface area (Å²) < 4.78 is 0. The summed E-state index contributed by atoms with van der Waals surface area (Å²) in [7, 11) is 0. The summed E-state index contributed by atoms with van der Waals surface area (Å²) in [4.78, 5) is 10.5. The monoisotopic (exact) mass is 166 g/mol. The number of aliphatic carboxylic acids is 1. The van der Waals surface area contributed by atoms with Gasteiger partial charge in [0.1, 0.15) is 0 Å². The summed E-state index contributed by atoms with van der Waals surface area (Å²) in [5, 5.41) is 8.67. The summed E-state index contributed by atoms with van der Waals surface area (Å²) in [6.07, 6.45) is 5.24. The van der Waals surface area contributed by atoms with Crippen molar-refractivity contribution in [2.24, 2.45) is 5.92 Å². The van der Waals surface area contributed by atoms with E-state index in [2.05, 4.69) is 13.8 Å². The van der Waals surface area contributed by atoms with Crippen LogP contribution in [0.2, 0.25) is 0 Å². The molecular formula is C10H14O2. The van der Waals surface area contributed by atoms with Crippen molar-refractivity contribution in [1.82, 2.24) is 0 Å². The van der Waals surface area contributed by atoms with Crippen LogP contribution < -0.4 is 0 Å². The normalized spacial score (nSPS) is 17.2. The summed E-state index contributed by atoms with van der Waals surface area (Å²) >= 11 is 0. The molecule has 0 heterocycles. The summed E-state index contributed by atoms with van der Waals surface area (Å²) in [6.45, 7) is 4.26. The van der Waals surface area contributed by atoms with E-state index in [0.29, 0.717) is 17.9 Å². The molecule has 0 aromatic carbocycles. The predicted octanol–water partition coefficient (Wildman–Crippen LogP) is 2.37. The van der Waals surface area contributed by atoms with Gasteiger partial charge in [0, 0.05) is 5.57 Å². The number of hydrogen-bond acceptors (Lipinski definition) is 1. The van der Waals surface area contributed by atoms with E-state index in [1.165, 1.54) is 5.57 Å². The molecule has 0 bridgehead atoms. The molecule has 0 aliphatic heterocycles. The Kier molecular flexibility index (Phi) is 2.69. The maximum Gasteiger partial charge on any atom is 0.331 e. The van der Waals surface area contributed by atoms with Gasteiger partial charge in [-0.1, -0.05) is 31.6 Å². The number of carbonyl (C=O) groups is 1. The molecule has 0 aromatic rings. The zero-order valence-electron chi connectivity index (χ0n) is 7.50. The lowest BCUT2D eigenvalue weighted by Crippen LogP contribution is -2.06. The van der Waals surface area contributed by atoms with Gasteiger partial charge in [-0.05, 0) is 18.8 Å². The van der Waals surface area contributed by atoms with E-state index in [4.69, 9.17) is 5.11 Å². The van der Waals surface area contributed by atoms with Crippen molar-refractivity contribution in [3.8, 4) is 0 Å². The molecule has 0 unspecified atom stereocenters. The molecular weight excluding hydrogens is 152 g/mol. The SMILES string of the molecule is CC(C)C1=CC=C(C(=O)O)CC1. The molecule has 0 aromatic heterocycles. The Morgan fingerprint density at radius 3 is 2.42 bits per heavy atom. The standard InChI is InChI=1S/C10H14O2/c1-7(2)8-3-5-9(6-4-8)10(11)12/h3,5,7H,4,6H2,1-2H3,(H,11,12). The summed E-state index contributed by atoms with van der Waals surface area (Å²) in [5.74, 6) is -0.245. The van der Waals surface area contributed by atoms with E-state index in [1.807, 2.05) is 6.08 Å². The molecule has 1 N–H and O–H groups in total. The third-order valence-corrected chi connectivity index (χ3v) is 2.20. The van der Waals surface area contributed by atoms with Gasteiger partial charge in [0.15, 0.2) is 0 Å². The summed E-state index contributed by atoms with van der Waals surface area (Å²) in [5.41, 5.74) is 1.87. The third kappa shape index (κ3) is 1.97. The predicted molar refractivity (Wildman–Crippen MR) is 47.9 cm³/mol. The fourth-order valence-corrected chi connectivity index (χ4v) is 1.31. The molecule has 0 fully saturated rings. The molecule has 2 heteroatoms. The van der Waals surface area contributed by atoms with Crippen LogP contribution in [-0.2, 0) is 4.79 Å². The van der Waals surface area contributed by atoms with Crippen LogP contribution in [0, 0.1) is 5.92 Å². The molecule has 2 nitrogen and oxygen atoms in total. The molecule has 0 spiro atoms. The van der Waals surface area contributed by atoms with Crippen molar-refractivity contribution in [2.75, 3.05) is 0 Å². The van der Waals surface area contributed by atoms with Crippen LogP contribution in [0.4, 0.5) is 0 Å². The van der Waals surface area contributed by atoms with E-state index in [0.717, 1.165) is 6.42 Å². The second-order valence-corrected chi connectivity index (χ2v) is 3.39. The summed E-state index contributed by atoms with van der Waals surface area (Å²) in [6, 6.07) is 0. The van der Waals surface area contributed by atoms with Crippen LogP contribution >= 0.6 is 0 Å². The maximum absolute atomic E-state index is 10.5. The molecule has 0 saturated carbocycles.